The number of amides is 2. The van der Waals surface area contributed by atoms with Crippen LogP contribution in [0, 0.1) is 27.7 Å². The van der Waals surface area contributed by atoms with E-state index in [9.17, 15) is 18.0 Å². The van der Waals surface area contributed by atoms with Crippen LogP contribution in [-0.4, -0.2) is 43.8 Å². The second-order valence-electron chi connectivity index (χ2n) is 11.5. The van der Waals surface area contributed by atoms with Gasteiger partial charge in [0.1, 0.15) is 12.6 Å². The monoisotopic (exact) mass is 589 g/mol. The van der Waals surface area contributed by atoms with Crippen LogP contribution in [0.3, 0.4) is 0 Å². The lowest BCUT2D eigenvalue weighted by molar-refractivity contribution is -0.140. The topological polar surface area (TPSA) is 86.8 Å². The van der Waals surface area contributed by atoms with E-state index < -0.39 is 28.5 Å². The number of hydrogen-bond acceptors (Lipinski definition) is 4. The smallest absolute Gasteiger partial charge is 0.264 e. The minimum Gasteiger partial charge on any atom is -0.352 e. The van der Waals surface area contributed by atoms with Gasteiger partial charge in [0.15, 0.2) is 0 Å². The number of anilines is 1. The molecule has 1 aliphatic carbocycles. The van der Waals surface area contributed by atoms with E-state index >= 15 is 0 Å². The molecule has 0 saturated heterocycles. The zero-order chi connectivity index (χ0) is 30.4. The average Bonchev–Trinajstić information content (AvgIpc) is 3.46. The number of sulfonamides is 1. The lowest BCUT2D eigenvalue weighted by Crippen LogP contribution is -2.53. The van der Waals surface area contributed by atoms with E-state index in [1.54, 1.807) is 35.2 Å². The van der Waals surface area contributed by atoms with Crippen molar-refractivity contribution < 1.29 is 18.0 Å². The third-order valence-corrected chi connectivity index (χ3v) is 9.84. The molecule has 1 unspecified atom stereocenters. The van der Waals surface area contributed by atoms with Crippen LogP contribution in [0.15, 0.2) is 71.6 Å². The number of rotatable bonds is 11. The molecule has 2 amide bonds. The van der Waals surface area contributed by atoms with Crippen molar-refractivity contribution in [3.63, 3.8) is 0 Å². The second-order valence-corrected chi connectivity index (χ2v) is 13.4. The molecule has 0 bridgehead atoms. The molecule has 1 aliphatic rings. The van der Waals surface area contributed by atoms with Crippen LogP contribution in [0.25, 0.3) is 0 Å². The first-order valence-corrected chi connectivity index (χ1v) is 16.3. The third-order valence-electron chi connectivity index (χ3n) is 8.07. The molecule has 0 spiro atoms. The highest BCUT2D eigenvalue weighted by Gasteiger charge is 2.35. The summed E-state index contributed by atoms with van der Waals surface area (Å²) in [6.07, 6.45) is 4.43. The fraction of sp³-hybridized carbons (Fsp3) is 0.412. The molecule has 1 saturated carbocycles. The Balaban J connectivity index is 1.73. The van der Waals surface area contributed by atoms with Crippen LogP contribution >= 0.6 is 0 Å². The Morgan fingerprint density at radius 1 is 0.857 bits per heavy atom. The van der Waals surface area contributed by atoms with Gasteiger partial charge < -0.3 is 10.2 Å². The Bertz CT molecular complexity index is 1490. The molecule has 4 rings (SSSR count). The van der Waals surface area contributed by atoms with Gasteiger partial charge in [-0.25, -0.2) is 8.42 Å². The molecule has 1 fully saturated rings. The highest BCUT2D eigenvalue weighted by atomic mass is 32.2. The van der Waals surface area contributed by atoms with Crippen molar-refractivity contribution in [3.05, 3.63) is 94.5 Å². The van der Waals surface area contributed by atoms with E-state index in [1.807, 2.05) is 71.0 Å². The summed E-state index contributed by atoms with van der Waals surface area (Å²) in [5, 5.41) is 3.16. The van der Waals surface area contributed by atoms with Crippen LogP contribution in [-0.2, 0) is 26.2 Å². The molecule has 0 aliphatic heterocycles. The number of nitrogens with one attached hydrogen (secondary N) is 1. The fourth-order valence-corrected chi connectivity index (χ4v) is 7.09. The Kier molecular flexibility index (Phi) is 10.1. The van der Waals surface area contributed by atoms with Crippen LogP contribution in [0.5, 0.6) is 0 Å². The summed E-state index contributed by atoms with van der Waals surface area (Å²) in [5.41, 5.74) is 5.08. The molecule has 7 nitrogen and oxygen atoms in total. The van der Waals surface area contributed by atoms with Gasteiger partial charge in [0, 0.05) is 12.6 Å². The molecule has 0 aromatic heterocycles. The summed E-state index contributed by atoms with van der Waals surface area (Å²) in [6.45, 7) is 9.33. The summed E-state index contributed by atoms with van der Waals surface area (Å²) in [7, 11) is -4.10. The highest BCUT2D eigenvalue weighted by Crippen LogP contribution is 2.29. The van der Waals surface area contributed by atoms with Crippen LogP contribution < -0.4 is 9.62 Å². The maximum Gasteiger partial charge on any atom is 0.264 e. The normalized spacial score (nSPS) is 14.4. The molecule has 0 heterocycles. The Morgan fingerprint density at radius 2 is 1.43 bits per heavy atom. The molecular formula is C34H43N3O4S. The van der Waals surface area contributed by atoms with Gasteiger partial charge in [-0.15, -0.1) is 0 Å². The zero-order valence-electron chi connectivity index (χ0n) is 25.4. The fourth-order valence-electron chi connectivity index (χ4n) is 5.61. The van der Waals surface area contributed by atoms with Gasteiger partial charge in [0.25, 0.3) is 10.0 Å². The number of carbonyl (C=O) groups is 2. The summed E-state index contributed by atoms with van der Waals surface area (Å²) in [4.78, 5) is 29.5. The molecule has 1 atom stereocenters. The van der Waals surface area contributed by atoms with Gasteiger partial charge in [0.05, 0.1) is 10.6 Å². The van der Waals surface area contributed by atoms with Gasteiger partial charge >= 0.3 is 0 Å². The average molecular weight is 590 g/mol. The first-order valence-electron chi connectivity index (χ1n) is 14.8. The van der Waals surface area contributed by atoms with Gasteiger partial charge in [-0.1, -0.05) is 85.0 Å². The minimum atomic E-state index is -4.10. The summed E-state index contributed by atoms with van der Waals surface area (Å²) in [6, 6.07) is 19.4. The van der Waals surface area contributed by atoms with Crippen molar-refractivity contribution in [1.82, 2.24) is 10.2 Å². The van der Waals surface area contributed by atoms with Crippen LogP contribution in [0.1, 0.15) is 66.8 Å². The van der Waals surface area contributed by atoms with Gasteiger partial charge in [-0.2, -0.15) is 0 Å². The largest absolute Gasteiger partial charge is 0.352 e. The van der Waals surface area contributed by atoms with Crippen molar-refractivity contribution in [1.29, 1.82) is 0 Å². The van der Waals surface area contributed by atoms with Crippen LogP contribution in [0.4, 0.5) is 5.69 Å². The van der Waals surface area contributed by atoms with E-state index in [1.165, 1.54) is 4.31 Å². The molecule has 224 valence electrons. The van der Waals surface area contributed by atoms with Crippen molar-refractivity contribution in [3.8, 4) is 0 Å². The maximum atomic E-state index is 14.3. The predicted molar refractivity (Wildman–Crippen MR) is 168 cm³/mol. The van der Waals surface area contributed by atoms with E-state index in [2.05, 4.69) is 5.32 Å². The lowest BCUT2D eigenvalue weighted by atomic mass is 10.1. The summed E-state index contributed by atoms with van der Waals surface area (Å²) in [5.74, 6) is -0.621. The number of hydrogen-bond donors (Lipinski definition) is 1. The number of nitrogens with zero attached hydrogens (tertiary/aromatic N) is 2. The maximum absolute atomic E-state index is 14.3. The van der Waals surface area contributed by atoms with E-state index in [-0.39, 0.29) is 23.4 Å². The molecule has 42 heavy (non-hydrogen) atoms. The number of carbonyl (C=O) groups excluding carboxylic acids is 2. The van der Waals surface area contributed by atoms with Crippen molar-refractivity contribution >= 4 is 27.5 Å². The molecule has 1 N–H and O–H groups in total. The summed E-state index contributed by atoms with van der Waals surface area (Å²) >= 11 is 0. The van der Waals surface area contributed by atoms with Crippen molar-refractivity contribution in [2.24, 2.45) is 0 Å². The molecular weight excluding hydrogens is 546 g/mol. The van der Waals surface area contributed by atoms with E-state index in [0.717, 1.165) is 53.5 Å². The lowest BCUT2D eigenvalue weighted by Gasteiger charge is -2.34. The number of aryl methyl sites for hydroxylation is 4. The Hall–Kier alpha value is -3.65. The second kappa shape index (κ2) is 13.6. The molecule has 3 aromatic carbocycles. The van der Waals surface area contributed by atoms with Gasteiger partial charge in [0.2, 0.25) is 11.8 Å². The first kappa shape index (κ1) is 31.3. The standard InChI is InChI=1S/C34H43N3O4S/c1-6-31(34(39)35-29-9-7-8-10-29)36(22-28-16-11-24(2)12-17-28)33(38)23-37(32-20-15-26(4)21-27(32)5)42(40,41)30-18-13-25(3)14-19-30/h11-21,29,31H,6-10,22-23H2,1-5H3,(H,35,39). The number of benzene rings is 3. The van der Waals surface area contributed by atoms with Gasteiger partial charge in [-0.05, 0) is 76.3 Å². The van der Waals surface area contributed by atoms with Crippen molar-refractivity contribution in [2.45, 2.75) is 90.2 Å². The molecule has 0 radical (unpaired) electrons. The Morgan fingerprint density at radius 3 is 2.00 bits per heavy atom. The predicted octanol–water partition coefficient (Wildman–Crippen LogP) is 5.98. The first-order chi connectivity index (χ1) is 20.0. The quantitative estimate of drug-likeness (QED) is 0.298. The minimum absolute atomic E-state index is 0.108. The third kappa shape index (κ3) is 7.40. The molecule has 3 aromatic rings. The summed E-state index contributed by atoms with van der Waals surface area (Å²) < 4.78 is 29.4. The van der Waals surface area contributed by atoms with Crippen LogP contribution in [0.2, 0.25) is 0 Å². The molecule has 8 heteroatoms. The van der Waals surface area contributed by atoms with Crippen molar-refractivity contribution in [2.75, 3.05) is 10.8 Å². The highest BCUT2D eigenvalue weighted by molar-refractivity contribution is 7.92. The van der Waals surface area contributed by atoms with Gasteiger partial charge in [-0.3, -0.25) is 13.9 Å². The SMILES string of the molecule is CCC(C(=O)NC1CCCC1)N(Cc1ccc(C)cc1)C(=O)CN(c1ccc(C)cc1C)S(=O)(=O)c1ccc(C)cc1. The zero-order valence-corrected chi connectivity index (χ0v) is 26.2. The van der Waals surface area contributed by atoms with E-state index in [4.69, 9.17) is 0 Å². The van der Waals surface area contributed by atoms with E-state index in [0.29, 0.717) is 12.1 Å². The Labute approximate surface area is 251 Å².